The number of nitrogens with two attached hydrogens (primary N) is 1. The molecule has 0 aromatic carbocycles. The molecule has 20 heavy (non-hydrogen) atoms. The van der Waals surface area contributed by atoms with Crippen LogP contribution in [0.15, 0.2) is 0 Å². The highest BCUT2D eigenvalue weighted by molar-refractivity contribution is 5.72. The van der Waals surface area contributed by atoms with E-state index in [9.17, 15) is 4.79 Å². The molecule has 1 amide bonds. The van der Waals surface area contributed by atoms with Gasteiger partial charge in [0, 0.05) is 13.5 Å². The lowest BCUT2D eigenvalue weighted by Crippen LogP contribution is -2.28. The van der Waals surface area contributed by atoms with Crippen LogP contribution in [0.2, 0.25) is 0 Å². The summed E-state index contributed by atoms with van der Waals surface area (Å²) in [5.74, 6) is 0.0479. The minimum absolute atomic E-state index is 0.0479. The number of nitrogens with one attached hydrogen (secondary N) is 4. The number of carbonyl (C=O) groups is 1. The first kappa shape index (κ1) is 19.3. The minimum Gasteiger partial charge on any atom is -0.356 e. The van der Waals surface area contributed by atoms with Crippen molar-refractivity contribution in [2.24, 2.45) is 5.73 Å². The molecule has 0 spiro atoms. The molecule has 6 N–H and O–H groups in total. The van der Waals surface area contributed by atoms with Crippen LogP contribution in [0.3, 0.4) is 0 Å². The highest BCUT2D eigenvalue weighted by Crippen LogP contribution is 1.79. The van der Waals surface area contributed by atoms with Crippen molar-refractivity contribution in [3.05, 3.63) is 0 Å². The first-order valence-electron chi connectivity index (χ1n) is 7.84. The molecule has 0 aromatic heterocycles. The fraction of sp³-hybridized carbons (Fsp3) is 0.929. The van der Waals surface area contributed by atoms with E-state index in [1.165, 1.54) is 0 Å². The summed E-state index contributed by atoms with van der Waals surface area (Å²) >= 11 is 0. The third-order valence-electron chi connectivity index (χ3n) is 2.88. The summed E-state index contributed by atoms with van der Waals surface area (Å²) in [6.07, 6.45) is 4.35. The Morgan fingerprint density at radius 2 is 1.15 bits per heavy atom. The quantitative estimate of drug-likeness (QED) is 0.260. The maximum absolute atomic E-state index is 10.6. The Morgan fingerprint density at radius 1 is 0.750 bits per heavy atom. The van der Waals surface area contributed by atoms with Crippen molar-refractivity contribution in [1.29, 1.82) is 0 Å². The van der Waals surface area contributed by atoms with Gasteiger partial charge in [-0.2, -0.15) is 0 Å². The predicted octanol–water partition coefficient (Wildman–Crippen LogP) is -0.590. The molecule has 0 fully saturated rings. The third kappa shape index (κ3) is 17.3. The Bertz CT molecular complexity index is 214. The van der Waals surface area contributed by atoms with Crippen molar-refractivity contribution in [3.8, 4) is 0 Å². The molecule has 120 valence electrons. The van der Waals surface area contributed by atoms with Crippen LogP contribution in [0.1, 0.15) is 32.6 Å². The average Bonchev–Trinajstić information content (AvgIpc) is 2.43. The van der Waals surface area contributed by atoms with E-state index in [1.807, 2.05) is 0 Å². The normalized spacial score (nSPS) is 10.7. The summed E-state index contributed by atoms with van der Waals surface area (Å²) in [5, 5.41) is 12.9. The summed E-state index contributed by atoms with van der Waals surface area (Å²) < 4.78 is 0. The van der Waals surface area contributed by atoms with Gasteiger partial charge in [0.1, 0.15) is 0 Å². The second-order valence-corrected chi connectivity index (χ2v) is 4.94. The number of hydrogen-bond donors (Lipinski definition) is 5. The van der Waals surface area contributed by atoms with E-state index in [0.29, 0.717) is 0 Å². The van der Waals surface area contributed by atoms with Crippen LogP contribution < -0.4 is 27.0 Å². The van der Waals surface area contributed by atoms with E-state index in [0.717, 1.165) is 78.0 Å². The summed E-state index contributed by atoms with van der Waals surface area (Å²) in [6.45, 7) is 9.29. The molecular weight excluding hydrogens is 254 g/mol. The van der Waals surface area contributed by atoms with Gasteiger partial charge in [-0.25, -0.2) is 0 Å². The summed E-state index contributed by atoms with van der Waals surface area (Å²) in [5.41, 5.74) is 5.41. The fourth-order valence-electron chi connectivity index (χ4n) is 1.76. The Balaban J connectivity index is 2.94. The van der Waals surface area contributed by atoms with Crippen molar-refractivity contribution < 1.29 is 4.79 Å². The van der Waals surface area contributed by atoms with Crippen molar-refractivity contribution in [3.63, 3.8) is 0 Å². The molecule has 0 aliphatic carbocycles. The zero-order valence-electron chi connectivity index (χ0n) is 13.0. The van der Waals surface area contributed by atoms with Gasteiger partial charge in [0.15, 0.2) is 0 Å². The van der Waals surface area contributed by atoms with E-state index in [1.54, 1.807) is 6.92 Å². The molecule has 0 saturated heterocycles. The predicted molar refractivity (Wildman–Crippen MR) is 84.8 cm³/mol. The topological polar surface area (TPSA) is 91.2 Å². The number of hydrogen-bond acceptors (Lipinski definition) is 5. The highest BCUT2D eigenvalue weighted by Gasteiger charge is 1.92. The molecule has 6 nitrogen and oxygen atoms in total. The van der Waals surface area contributed by atoms with Crippen LogP contribution in [0, 0.1) is 0 Å². The molecule has 0 heterocycles. The Kier molecular flexibility index (Phi) is 15.8. The van der Waals surface area contributed by atoms with Crippen LogP contribution in [-0.2, 0) is 4.79 Å². The monoisotopic (exact) mass is 287 g/mol. The molecule has 0 unspecified atom stereocenters. The standard InChI is InChI=1S/C14H33N5O/c1-14(20)19-13-5-12-18-11-4-10-17-9-3-8-16-7-2-6-15/h16-18H,2-13,15H2,1H3,(H,19,20). The molecule has 0 aliphatic rings. The first-order chi connectivity index (χ1) is 9.77. The van der Waals surface area contributed by atoms with Crippen molar-refractivity contribution in [2.75, 3.05) is 52.4 Å². The van der Waals surface area contributed by atoms with Gasteiger partial charge in [-0.05, 0) is 71.5 Å². The molecule has 0 rings (SSSR count). The second kappa shape index (κ2) is 16.4. The fourth-order valence-corrected chi connectivity index (χ4v) is 1.76. The first-order valence-corrected chi connectivity index (χ1v) is 7.84. The van der Waals surface area contributed by atoms with Gasteiger partial charge in [-0.1, -0.05) is 0 Å². The Morgan fingerprint density at radius 3 is 1.55 bits per heavy atom. The van der Waals surface area contributed by atoms with Crippen LogP contribution >= 0.6 is 0 Å². The zero-order chi connectivity index (χ0) is 14.9. The van der Waals surface area contributed by atoms with Gasteiger partial charge in [0.25, 0.3) is 0 Å². The van der Waals surface area contributed by atoms with Crippen LogP contribution in [0.25, 0.3) is 0 Å². The highest BCUT2D eigenvalue weighted by atomic mass is 16.1. The van der Waals surface area contributed by atoms with Crippen LogP contribution in [0.5, 0.6) is 0 Å². The summed E-state index contributed by atoms with van der Waals surface area (Å²) in [4.78, 5) is 10.6. The van der Waals surface area contributed by atoms with E-state index >= 15 is 0 Å². The molecule has 0 aliphatic heterocycles. The molecule has 0 saturated carbocycles. The van der Waals surface area contributed by atoms with Gasteiger partial charge in [-0.15, -0.1) is 0 Å². The van der Waals surface area contributed by atoms with Crippen LogP contribution in [0.4, 0.5) is 0 Å². The largest absolute Gasteiger partial charge is 0.356 e. The minimum atomic E-state index is 0.0479. The average molecular weight is 287 g/mol. The Hall–Kier alpha value is -0.690. The number of carbonyl (C=O) groups excluding carboxylic acids is 1. The van der Waals surface area contributed by atoms with Gasteiger partial charge in [-0.3, -0.25) is 4.79 Å². The molecule has 0 radical (unpaired) electrons. The molecule has 0 aromatic rings. The molecule has 0 bridgehead atoms. The van der Waals surface area contributed by atoms with E-state index < -0.39 is 0 Å². The molecular formula is C14H33N5O. The van der Waals surface area contributed by atoms with Gasteiger partial charge in [0.2, 0.25) is 5.91 Å². The van der Waals surface area contributed by atoms with Crippen molar-refractivity contribution >= 4 is 5.91 Å². The lowest BCUT2D eigenvalue weighted by atomic mass is 10.3. The third-order valence-corrected chi connectivity index (χ3v) is 2.88. The Labute approximate surface area is 123 Å². The lowest BCUT2D eigenvalue weighted by molar-refractivity contribution is -0.118. The maximum Gasteiger partial charge on any atom is 0.216 e. The van der Waals surface area contributed by atoms with E-state index in [-0.39, 0.29) is 5.91 Å². The van der Waals surface area contributed by atoms with Gasteiger partial charge < -0.3 is 27.0 Å². The zero-order valence-corrected chi connectivity index (χ0v) is 13.0. The van der Waals surface area contributed by atoms with Crippen LogP contribution in [-0.4, -0.2) is 58.3 Å². The van der Waals surface area contributed by atoms with Crippen molar-refractivity contribution in [2.45, 2.75) is 32.6 Å². The SMILES string of the molecule is CC(=O)NCCCNCCCNCCCNCCCN. The van der Waals surface area contributed by atoms with E-state index in [4.69, 9.17) is 5.73 Å². The van der Waals surface area contributed by atoms with Gasteiger partial charge >= 0.3 is 0 Å². The van der Waals surface area contributed by atoms with Crippen molar-refractivity contribution in [1.82, 2.24) is 21.3 Å². The summed E-state index contributed by atoms with van der Waals surface area (Å²) in [6, 6.07) is 0. The van der Waals surface area contributed by atoms with E-state index in [2.05, 4.69) is 21.3 Å². The van der Waals surface area contributed by atoms with Gasteiger partial charge in [0.05, 0.1) is 0 Å². The molecule has 0 atom stereocenters. The maximum atomic E-state index is 10.6. The number of amides is 1. The number of rotatable bonds is 15. The second-order valence-electron chi connectivity index (χ2n) is 4.94. The summed E-state index contributed by atoms with van der Waals surface area (Å²) in [7, 11) is 0. The smallest absolute Gasteiger partial charge is 0.216 e. The molecule has 6 heteroatoms. The lowest BCUT2D eigenvalue weighted by Gasteiger charge is -2.07.